The summed E-state index contributed by atoms with van der Waals surface area (Å²) in [7, 11) is 2.73. The first-order chi connectivity index (χ1) is 13.4. The van der Waals surface area contributed by atoms with Gasteiger partial charge in [0, 0.05) is 12.7 Å². The van der Waals surface area contributed by atoms with E-state index >= 15 is 0 Å². The smallest absolute Gasteiger partial charge is 0.413 e. The summed E-state index contributed by atoms with van der Waals surface area (Å²) in [5.41, 5.74) is 3.16. The SMILES string of the molecule is CCc1cccc(C)c1NC(=O)COC(=O)c1ccccc1N(C)C(=O)OC. The van der Waals surface area contributed by atoms with Gasteiger partial charge in [-0.25, -0.2) is 9.59 Å². The van der Waals surface area contributed by atoms with Gasteiger partial charge in [-0.15, -0.1) is 0 Å². The minimum Gasteiger partial charge on any atom is -0.452 e. The highest BCUT2D eigenvalue weighted by molar-refractivity contribution is 6.02. The number of carbonyl (C=O) groups excluding carboxylic acids is 3. The highest BCUT2D eigenvalue weighted by Crippen LogP contribution is 2.22. The molecule has 0 aliphatic carbocycles. The van der Waals surface area contributed by atoms with Crippen molar-refractivity contribution >= 4 is 29.3 Å². The normalized spacial score (nSPS) is 10.1. The van der Waals surface area contributed by atoms with Crippen LogP contribution < -0.4 is 10.2 Å². The predicted octanol–water partition coefficient (Wildman–Crippen LogP) is 3.56. The van der Waals surface area contributed by atoms with Gasteiger partial charge in [0.05, 0.1) is 18.4 Å². The summed E-state index contributed by atoms with van der Waals surface area (Å²) in [4.78, 5) is 37.6. The van der Waals surface area contributed by atoms with E-state index in [1.807, 2.05) is 32.0 Å². The molecule has 0 unspecified atom stereocenters. The second-order valence-corrected chi connectivity index (χ2v) is 6.13. The van der Waals surface area contributed by atoms with Crippen molar-refractivity contribution in [1.82, 2.24) is 0 Å². The number of anilines is 2. The Balaban J connectivity index is 2.07. The number of para-hydroxylation sites is 2. The summed E-state index contributed by atoms with van der Waals surface area (Å²) >= 11 is 0. The fourth-order valence-corrected chi connectivity index (χ4v) is 2.76. The van der Waals surface area contributed by atoms with Crippen LogP contribution in [0.2, 0.25) is 0 Å². The maximum absolute atomic E-state index is 12.4. The lowest BCUT2D eigenvalue weighted by Crippen LogP contribution is -2.28. The van der Waals surface area contributed by atoms with E-state index in [2.05, 4.69) is 10.1 Å². The summed E-state index contributed by atoms with van der Waals surface area (Å²) < 4.78 is 9.82. The zero-order valence-corrected chi connectivity index (χ0v) is 16.4. The minimum absolute atomic E-state index is 0.160. The van der Waals surface area contributed by atoms with Crippen molar-refractivity contribution < 1.29 is 23.9 Å². The molecule has 2 rings (SSSR count). The van der Waals surface area contributed by atoms with Crippen molar-refractivity contribution in [3.8, 4) is 0 Å². The number of benzene rings is 2. The van der Waals surface area contributed by atoms with E-state index in [9.17, 15) is 14.4 Å². The predicted molar refractivity (Wildman–Crippen MR) is 107 cm³/mol. The van der Waals surface area contributed by atoms with Crippen LogP contribution in [-0.4, -0.2) is 38.7 Å². The number of carbonyl (C=O) groups is 3. The Morgan fingerprint density at radius 2 is 1.79 bits per heavy atom. The van der Waals surface area contributed by atoms with E-state index in [4.69, 9.17) is 4.74 Å². The Morgan fingerprint density at radius 3 is 2.46 bits per heavy atom. The molecule has 2 amide bonds. The standard InChI is InChI=1S/C21H24N2O5/c1-5-15-10-8-9-14(2)19(15)22-18(24)13-28-20(25)16-11-6-7-12-17(16)23(3)21(26)27-4/h6-12H,5,13H2,1-4H3,(H,22,24). The van der Waals surface area contributed by atoms with Crippen LogP contribution in [0.1, 0.15) is 28.4 Å². The van der Waals surface area contributed by atoms with Gasteiger partial charge in [0.2, 0.25) is 0 Å². The van der Waals surface area contributed by atoms with Gasteiger partial charge in [0.15, 0.2) is 6.61 Å². The second-order valence-electron chi connectivity index (χ2n) is 6.13. The van der Waals surface area contributed by atoms with Crippen LogP contribution in [0.3, 0.4) is 0 Å². The molecule has 7 nitrogen and oxygen atoms in total. The third-order valence-corrected chi connectivity index (χ3v) is 4.27. The molecule has 0 aromatic heterocycles. The molecule has 0 radical (unpaired) electrons. The maximum Gasteiger partial charge on any atom is 0.413 e. The lowest BCUT2D eigenvalue weighted by molar-refractivity contribution is -0.119. The van der Waals surface area contributed by atoms with Gasteiger partial charge in [0.1, 0.15) is 0 Å². The van der Waals surface area contributed by atoms with Gasteiger partial charge in [-0.3, -0.25) is 9.69 Å². The van der Waals surface area contributed by atoms with E-state index < -0.39 is 24.6 Å². The molecule has 0 atom stereocenters. The zero-order chi connectivity index (χ0) is 20.7. The van der Waals surface area contributed by atoms with Gasteiger partial charge in [-0.05, 0) is 36.6 Å². The topological polar surface area (TPSA) is 84.9 Å². The van der Waals surface area contributed by atoms with Crippen LogP contribution in [0, 0.1) is 6.92 Å². The number of methoxy groups -OCH3 is 1. The average molecular weight is 384 g/mol. The number of nitrogens with zero attached hydrogens (tertiary/aromatic N) is 1. The summed E-state index contributed by atoms with van der Waals surface area (Å²) in [5, 5.41) is 2.80. The molecule has 28 heavy (non-hydrogen) atoms. The molecule has 1 N–H and O–H groups in total. The number of hydrogen-bond acceptors (Lipinski definition) is 5. The number of hydrogen-bond donors (Lipinski definition) is 1. The van der Waals surface area contributed by atoms with E-state index in [-0.39, 0.29) is 5.56 Å². The number of esters is 1. The third-order valence-electron chi connectivity index (χ3n) is 4.27. The van der Waals surface area contributed by atoms with E-state index in [1.54, 1.807) is 18.2 Å². The molecule has 0 heterocycles. The molecular weight excluding hydrogens is 360 g/mol. The molecule has 7 heteroatoms. The Bertz CT molecular complexity index is 879. The summed E-state index contributed by atoms with van der Waals surface area (Å²) in [6, 6.07) is 12.2. The quantitative estimate of drug-likeness (QED) is 0.770. The van der Waals surface area contributed by atoms with Crippen molar-refractivity contribution in [3.63, 3.8) is 0 Å². The van der Waals surface area contributed by atoms with Crippen LogP contribution in [0.4, 0.5) is 16.2 Å². The van der Waals surface area contributed by atoms with Crippen LogP contribution >= 0.6 is 0 Å². The molecule has 2 aromatic rings. The zero-order valence-electron chi connectivity index (χ0n) is 16.4. The van der Waals surface area contributed by atoms with Crippen LogP contribution in [0.5, 0.6) is 0 Å². The Labute approximate surface area is 164 Å². The van der Waals surface area contributed by atoms with E-state index in [0.29, 0.717) is 5.69 Å². The number of amides is 2. The summed E-state index contributed by atoms with van der Waals surface area (Å²) in [5.74, 6) is -1.14. The Morgan fingerprint density at radius 1 is 1.07 bits per heavy atom. The fourth-order valence-electron chi connectivity index (χ4n) is 2.76. The van der Waals surface area contributed by atoms with Crippen LogP contribution in [0.25, 0.3) is 0 Å². The average Bonchev–Trinajstić information content (AvgIpc) is 2.72. The molecular formula is C21H24N2O5. The highest BCUT2D eigenvalue weighted by Gasteiger charge is 2.20. The Hall–Kier alpha value is -3.35. The molecule has 148 valence electrons. The van der Waals surface area contributed by atoms with Crippen molar-refractivity contribution in [2.24, 2.45) is 0 Å². The van der Waals surface area contributed by atoms with Gasteiger partial charge in [-0.1, -0.05) is 37.3 Å². The van der Waals surface area contributed by atoms with Gasteiger partial charge >= 0.3 is 12.1 Å². The van der Waals surface area contributed by atoms with Crippen molar-refractivity contribution in [2.45, 2.75) is 20.3 Å². The molecule has 0 aliphatic rings. The van der Waals surface area contributed by atoms with Crippen molar-refractivity contribution in [2.75, 3.05) is 31.0 Å². The number of nitrogens with one attached hydrogen (secondary N) is 1. The van der Waals surface area contributed by atoms with Crippen LogP contribution in [0.15, 0.2) is 42.5 Å². The lowest BCUT2D eigenvalue weighted by Gasteiger charge is -2.18. The lowest BCUT2D eigenvalue weighted by atomic mass is 10.1. The van der Waals surface area contributed by atoms with E-state index in [1.165, 1.54) is 25.1 Å². The fraction of sp³-hybridized carbons (Fsp3) is 0.286. The second kappa shape index (κ2) is 9.55. The molecule has 2 aromatic carbocycles. The number of aryl methyl sites for hydroxylation is 2. The molecule has 0 saturated carbocycles. The van der Waals surface area contributed by atoms with Gasteiger partial charge < -0.3 is 14.8 Å². The minimum atomic E-state index is -0.706. The highest BCUT2D eigenvalue weighted by atomic mass is 16.5. The number of rotatable bonds is 6. The van der Waals surface area contributed by atoms with Crippen molar-refractivity contribution in [3.05, 3.63) is 59.2 Å². The van der Waals surface area contributed by atoms with Crippen LogP contribution in [-0.2, 0) is 20.7 Å². The molecule has 0 saturated heterocycles. The van der Waals surface area contributed by atoms with Crippen molar-refractivity contribution in [1.29, 1.82) is 0 Å². The first-order valence-corrected chi connectivity index (χ1v) is 8.85. The van der Waals surface area contributed by atoms with Gasteiger partial charge in [-0.2, -0.15) is 0 Å². The maximum atomic E-state index is 12.4. The monoisotopic (exact) mass is 384 g/mol. The number of ether oxygens (including phenoxy) is 2. The first-order valence-electron chi connectivity index (χ1n) is 8.85. The molecule has 0 aliphatic heterocycles. The van der Waals surface area contributed by atoms with E-state index in [0.717, 1.165) is 23.2 Å². The summed E-state index contributed by atoms with van der Waals surface area (Å²) in [6.07, 6.45) is 0.147. The molecule has 0 bridgehead atoms. The molecule has 0 fully saturated rings. The Kier molecular flexibility index (Phi) is 7.14. The van der Waals surface area contributed by atoms with Gasteiger partial charge in [0.25, 0.3) is 5.91 Å². The summed E-state index contributed by atoms with van der Waals surface area (Å²) in [6.45, 7) is 3.46. The largest absolute Gasteiger partial charge is 0.452 e. The molecule has 0 spiro atoms. The third kappa shape index (κ3) is 4.88. The first kappa shape index (κ1) is 21.0.